The Labute approximate surface area is 90.9 Å². The Morgan fingerprint density at radius 3 is 2.73 bits per heavy atom. The van der Waals surface area contributed by atoms with Gasteiger partial charge >= 0.3 is 0 Å². The van der Waals surface area contributed by atoms with Crippen molar-refractivity contribution in [3.8, 4) is 0 Å². The van der Waals surface area contributed by atoms with Crippen LogP contribution in [0.2, 0.25) is 0 Å². The van der Waals surface area contributed by atoms with Crippen molar-refractivity contribution in [1.82, 2.24) is 14.8 Å². The van der Waals surface area contributed by atoms with E-state index in [4.69, 9.17) is 5.73 Å². The van der Waals surface area contributed by atoms with Crippen LogP contribution in [0.15, 0.2) is 0 Å². The monoisotopic (exact) mass is 208 g/mol. The minimum absolute atomic E-state index is 0.646. The largest absolute Gasteiger partial charge is 0.330 e. The SMILES string of the molecule is Cc1nnc(CCCN)n1C1CCCC1. The quantitative estimate of drug-likeness (QED) is 0.817. The minimum Gasteiger partial charge on any atom is -0.330 e. The minimum atomic E-state index is 0.646. The van der Waals surface area contributed by atoms with E-state index in [0.717, 1.165) is 31.0 Å². The van der Waals surface area contributed by atoms with Crippen molar-refractivity contribution in [1.29, 1.82) is 0 Å². The molecule has 1 saturated carbocycles. The van der Waals surface area contributed by atoms with Crippen LogP contribution in [-0.2, 0) is 6.42 Å². The molecule has 0 amide bonds. The summed E-state index contributed by atoms with van der Waals surface area (Å²) in [6, 6.07) is 0.646. The van der Waals surface area contributed by atoms with Crippen molar-refractivity contribution in [2.75, 3.05) is 6.54 Å². The molecule has 2 rings (SSSR count). The second-order valence-electron chi connectivity index (χ2n) is 4.36. The van der Waals surface area contributed by atoms with E-state index in [1.807, 2.05) is 0 Å². The lowest BCUT2D eigenvalue weighted by molar-refractivity contribution is 0.483. The lowest BCUT2D eigenvalue weighted by atomic mass is 10.2. The first-order valence-corrected chi connectivity index (χ1v) is 5.93. The molecule has 1 aromatic rings. The Kier molecular flexibility index (Phi) is 3.36. The first-order chi connectivity index (χ1) is 7.33. The number of hydrogen-bond donors (Lipinski definition) is 1. The molecule has 0 atom stereocenters. The molecule has 84 valence electrons. The normalized spacial score (nSPS) is 17.5. The molecule has 4 heteroatoms. The van der Waals surface area contributed by atoms with Gasteiger partial charge in [-0.2, -0.15) is 0 Å². The average Bonchev–Trinajstić information content (AvgIpc) is 2.84. The lowest BCUT2D eigenvalue weighted by Gasteiger charge is -2.15. The van der Waals surface area contributed by atoms with Gasteiger partial charge in [0, 0.05) is 12.5 Å². The van der Waals surface area contributed by atoms with Crippen LogP contribution in [-0.4, -0.2) is 21.3 Å². The molecule has 0 saturated heterocycles. The van der Waals surface area contributed by atoms with Gasteiger partial charge in [0.1, 0.15) is 11.6 Å². The summed E-state index contributed by atoms with van der Waals surface area (Å²) in [5.41, 5.74) is 5.53. The number of aromatic nitrogens is 3. The molecule has 0 unspecified atom stereocenters. The molecule has 4 nitrogen and oxygen atoms in total. The van der Waals surface area contributed by atoms with Gasteiger partial charge in [-0.25, -0.2) is 0 Å². The Bertz CT molecular complexity index is 312. The van der Waals surface area contributed by atoms with Crippen molar-refractivity contribution >= 4 is 0 Å². The van der Waals surface area contributed by atoms with Crippen LogP contribution in [0.3, 0.4) is 0 Å². The smallest absolute Gasteiger partial charge is 0.133 e. The van der Waals surface area contributed by atoms with Crippen molar-refractivity contribution in [3.05, 3.63) is 11.6 Å². The molecule has 0 radical (unpaired) electrons. The summed E-state index contributed by atoms with van der Waals surface area (Å²) in [6.07, 6.45) is 7.24. The van der Waals surface area contributed by atoms with Gasteiger partial charge < -0.3 is 10.3 Å². The van der Waals surface area contributed by atoms with Crippen LogP contribution in [0.4, 0.5) is 0 Å². The van der Waals surface area contributed by atoms with Gasteiger partial charge in [-0.3, -0.25) is 0 Å². The topological polar surface area (TPSA) is 56.7 Å². The predicted molar refractivity (Wildman–Crippen MR) is 59.6 cm³/mol. The number of hydrogen-bond acceptors (Lipinski definition) is 3. The third kappa shape index (κ3) is 2.20. The average molecular weight is 208 g/mol. The zero-order valence-corrected chi connectivity index (χ0v) is 9.45. The van der Waals surface area contributed by atoms with Crippen LogP contribution >= 0.6 is 0 Å². The van der Waals surface area contributed by atoms with E-state index in [-0.39, 0.29) is 0 Å². The molecule has 1 heterocycles. The molecule has 2 N–H and O–H groups in total. The molecule has 0 aromatic carbocycles. The fourth-order valence-corrected chi connectivity index (χ4v) is 2.48. The summed E-state index contributed by atoms with van der Waals surface area (Å²) in [4.78, 5) is 0. The highest BCUT2D eigenvalue weighted by Gasteiger charge is 2.21. The lowest BCUT2D eigenvalue weighted by Crippen LogP contribution is -2.12. The Morgan fingerprint density at radius 2 is 2.07 bits per heavy atom. The molecule has 0 spiro atoms. The second kappa shape index (κ2) is 4.75. The van der Waals surface area contributed by atoms with E-state index in [9.17, 15) is 0 Å². The van der Waals surface area contributed by atoms with E-state index in [0.29, 0.717) is 6.04 Å². The zero-order chi connectivity index (χ0) is 10.7. The first-order valence-electron chi connectivity index (χ1n) is 5.93. The van der Waals surface area contributed by atoms with Crippen molar-refractivity contribution < 1.29 is 0 Å². The molecule has 0 aliphatic heterocycles. The van der Waals surface area contributed by atoms with Gasteiger partial charge in [0.15, 0.2) is 0 Å². The van der Waals surface area contributed by atoms with E-state index < -0.39 is 0 Å². The maximum Gasteiger partial charge on any atom is 0.133 e. The molecule has 1 aliphatic carbocycles. The van der Waals surface area contributed by atoms with Crippen LogP contribution in [0.1, 0.15) is 49.8 Å². The molecular formula is C11H20N4. The molecule has 0 bridgehead atoms. The van der Waals surface area contributed by atoms with Crippen molar-refractivity contribution in [2.45, 2.75) is 51.5 Å². The predicted octanol–water partition coefficient (Wildman–Crippen LogP) is 1.59. The molecular weight excluding hydrogens is 188 g/mol. The highest BCUT2D eigenvalue weighted by molar-refractivity contribution is 4.98. The van der Waals surface area contributed by atoms with Crippen LogP contribution in [0.5, 0.6) is 0 Å². The fraction of sp³-hybridized carbons (Fsp3) is 0.818. The molecule has 1 aliphatic rings. The van der Waals surface area contributed by atoms with Gasteiger partial charge in [0.2, 0.25) is 0 Å². The van der Waals surface area contributed by atoms with Gasteiger partial charge in [-0.1, -0.05) is 12.8 Å². The van der Waals surface area contributed by atoms with Gasteiger partial charge in [-0.05, 0) is 32.7 Å². The third-order valence-corrected chi connectivity index (χ3v) is 3.23. The summed E-state index contributed by atoms with van der Waals surface area (Å²) < 4.78 is 2.34. The molecule has 1 fully saturated rings. The summed E-state index contributed by atoms with van der Waals surface area (Å²) in [7, 11) is 0. The summed E-state index contributed by atoms with van der Waals surface area (Å²) >= 11 is 0. The van der Waals surface area contributed by atoms with E-state index in [1.54, 1.807) is 0 Å². The Morgan fingerprint density at radius 1 is 1.33 bits per heavy atom. The number of rotatable bonds is 4. The van der Waals surface area contributed by atoms with E-state index in [1.165, 1.54) is 25.7 Å². The Hall–Kier alpha value is -0.900. The highest BCUT2D eigenvalue weighted by Crippen LogP contribution is 2.31. The van der Waals surface area contributed by atoms with Gasteiger partial charge in [-0.15, -0.1) is 10.2 Å². The summed E-state index contributed by atoms with van der Waals surface area (Å²) in [6.45, 7) is 2.79. The van der Waals surface area contributed by atoms with Crippen molar-refractivity contribution in [2.24, 2.45) is 5.73 Å². The van der Waals surface area contributed by atoms with Crippen molar-refractivity contribution in [3.63, 3.8) is 0 Å². The first kappa shape index (κ1) is 10.6. The summed E-state index contributed by atoms with van der Waals surface area (Å²) in [5.74, 6) is 2.19. The maximum atomic E-state index is 5.53. The van der Waals surface area contributed by atoms with Gasteiger partial charge in [0.25, 0.3) is 0 Å². The Balaban J connectivity index is 2.15. The highest BCUT2D eigenvalue weighted by atomic mass is 15.3. The van der Waals surface area contributed by atoms with Gasteiger partial charge in [0.05, 0.1) is 0 Å². The van der Waals surface area contributed by atoms with E-state index in [2.05, 4.69) is 21.7 Å². The standard InChI is InChI=1S/C11H20N4/c1-9-13-14-11(7-4-8-12)15(9)10-5-2-3-6-10/h10H,2-8,12H2,1H3. The number of nitrogens with zero attached hydrogens (tertiary/aromatic N) is 3. The second-order valence-corrected chi connectivity index (χ2v) is 4.36. The van der Waals surface area contributed by atoms with Crippen LogP contribution in [0, 0.1) is 6.92 Å². The third-order valence-electron chi connectivity index (χ3n) is 3.23. The molecule has 1 aromatic heterocycles. The summed E-state index contributed by atoms with van der Waals surface area (Å²) in [5, 5.41) is 8.44. The van der Waals surface area contributed by atoms with E-state index >= 15 is 0 Å². The maximum absolute atomic E-state index is 5.53. The fourth-order valence-electron chi connectivity index (χ4n) is 2.48. The van der Waals surface area contributed by atoms with Crippen LogP contribution < -0.4 is 5.73 Å². The number of aryl methyl sites for hydroxylation is 2. The number of nitrogens with two attached hydrogens (primary N) is 1. The van der Waals surface area contributed by atoms with Crippen LogP contribution in [0.25, 0.3) is 0 Å². The zero-order valence-electron chi connectivity index (χ0n) is 9.45. The molecule has 15 heavy (non-hydrogen) atoms.